The van der Waals surface area contributed by atoms with E-state index in [0.29, 0.717) is 5.52 Å². The number of benzene rings is 2. The summed E-state index contributed by atoms with van der Waals surface area (Å²) in [5.74, 6) is 1.98. The number of nitrogens with zero attached hydrogens (tertiary/aromatic N) is 2. The third-order valence-electron chi connectivity index (χ3n) is 4.99. The first kappa shape index (κ1) is 15.0. The van der Waals surface area contributed by atoms with Crippen molar-refractivity contribution in [1.29, 1.82) is 0 Å². The number of hydrogen-bond donors (Lipinski definition) is 1. The standard InChI is InChI=1S/C21H22N2O/c24-19-8-4-7-18-9-10-20(22-21(18)19)23-13-11-17(12-14-23)15-16-5-2-1-3-6-16/h1-10,17,24H,11-15H2. The summed E-state index contributed by atoms with van der Waals surface area (Å²) >= 11 is 0. The van der Waals surface area contributed by atoms with Crippen molar-refractivity contribution in [2.75, 3.05) is 18.0 Å². The first-order chi connectivity index (χ1) is 11.8. The molecule has 0 saturated carbocycles. The lowest BCUT2D eigenvalue weighted by Crippen LogP contribution is -2.34. The van der Waals surface area contributed by atoms with Gasteiger partial charge in [-0.1, -0.05) is 42.5 Å². The Kier molecular flexibility index (Phi) is 4.08. The molecular formula is C21H22N2O. The zero-order valence-corrected chi connectivity index (χ0v) is 13.7. The fraction of sp³-hybridized carbons (Fsp3) is 0.286. The molecule has 0 aliphatic carbocycles. The molecule has 1 aliphatic rings. The van der Waals surface area contributed by atoms with Crippen LogP contribution in [0.5, 0.6) is 5.75 Å². The second-order valence-electron chi connectivity index (χ2n) is 6.64. The topological polar surface area (TPSA) is 36.4 Å². The second-order valence-corrected chi connectivity index (χ2v) is 6.64. The van der Waals surface area contributed by atoms with E-state index in [2.05, 4.69) is 46.3 Å². The van der Waals surface area contributed by atoms with Gasteiger partial charge < -0.3 is 10.0 Å². The van der Waals surface area contributed by atoms with Crippen LogP contribution in [0.3, 0.4) is 0 Å². The van der Waals surface area contributed by atoms with Crippen LogP contribution in [0.1, 0.15) is 18.4 Å². The molecule has 0 unspecified atom stereocenters. The van der Waals surface area contributed by atoms with Crippen molar-refractivity contribution in [1.82, 2.24) is 4.98 Å². The molecule has 3 nitrogen and oxygen atoms in total. The van der Waals surface area contributed by atoms with Crippen LogP contribution in [0, 0.1) is 5.92 Å². The van der Waals surface area contributed by atoms with E-state index in [0.717, 1.165) is 30.2 Å². The van der Waals surface area contributed by atoms with Gasteiger partial charge in [0.25, 0.3) is 0 Å². The van der Waals surface area contributed by atoms with Crippen LogP contribution in [-0.4, -0.2) is 23.2 Å². The van der Waals surface area contributed by atoms with Gasteiger partial charge in [-0.15, -0.1) is 0 Å². The van der Waals surface area contributed by atoms with Crippen molar-refractivity contribution < 1.29 is 5.11 Å². The third kappa shape index (κ3) is 3.07. The quantitative estimate of drug-likeness (QED) is 0.777. The average molecular weight is 318 g/mol. The molecule has 3 heteroatoms. The predicted molar refractivity (Wildman–Crippen MR) is 98.5 cm³/mol. The molecule has 2 aromatic carbocycles. The zero-order valence-electron chi connectivity index (χ0n) is 13.7. The number of aromatic hydroxyl groups is 1. The molecule has 3 aromatic rings. The number of piperidine rings is 1. The van der Waals surface area contributed by atoms with Crippen molar-refractivity contribution in [2.45, 2.75) is 19.3 Å². The lowest BCUT2D eigenvalue weighted by Gasteiger charge is -2.33. The van der Waals surface area contributed by atoms with E-state index in [1.54, 1.807) is 6.07 Å². The highest BCUT2D eigenvalue weighted by atomic mass is 16.3. The fourth-order valence-corrected chi connectivity index (χ4v) is 3.61. The van der Waals surface area contributed by atoms with Crippen LogP contribution in [0.4, 0.5) is 5.82 Å². The van der Waals surface area contributed by atoms with Crippen molar-refractivity contribution in [3.8, 4) is 5.75 Å². The first-order valence-corrected chi connectivity index (χ1v) is 8.67. The Labute approximate surface area is 142 Å². The minimum Gasteiger partial charge on any atom is -0.506 e. The highest BCUT2D eigenvalue weighted by molar-refractivity contribution is 5.85. The molecule has 0 spiro atoms. The molecule has 0 radical (unpaired) electrons. The van der Waals surface area contributed by atoms with Crippen molar-refractivity contribution in [2.24, 2.45) is 5.92 Å². The van der Waals surface area contributed by atoms with Gasteiger partial charge in [0.1, 0.15) is 17.1 Å². The van der Waals surface area contributed by atoms with E-state index >= 15 is 0 Å². The summed E-state index contributed by atoms with van der Waals surface area (Å²) < 4.78 is 0. The van der Waals surface area contributed by atoms with Crippen LogP contribution in [0.2, 0.25) is 0 Å². The third-order valence-corrected chi connectivity index (χ3v) is 4.99. The fourth-order valence-electron chi connectivity index (χ4n) is 3.61. The van der Waals surface area contributed by atoms with Crippen molar-refractivity contribution in [3.63, 3.8) is 0 Å². The maximum absolute atomic E-state index is 10.0. The molecule has 1 aliphatic heterocycles. The van der Waals surface area contributed by atoms with Gasteiger partial charge in [0.15, 0.2) is 0 Å². The maximum atomic E-state index is 10.0. The summed E-state index contributed by atoms with van der Waals surface area (Å²) in [4.78, 5) is 7.02. The number of phenols is 1. The van der Waals surface area contributed by atoms with E-state index in [-0.39, 0.29) is 5.75 Å². The summed E-state index contributed by atoms with van der Waals surface area (Å²) in [6, 6.07) is 20.4. The van der Waals surface area contributed by atoms with Crippen LogP contribution >= 0.6 is 0 Å². The number of anilines is 1. The van der Waals surface area contributed by atoms with Gasteiger partial charge >= 0.3 is 0 Å². The molecule has 2 heterocycles. The molecule has 0 bridgehead atoms. The summed E-state index contributed by atoms with van der Waals surface area (Å²) in [7, 11) is 0. The molecule has 24 heavy (non-hydrogen) atoms. The molecule has 1 fully saturated rings. The Bertz CT molecular complexity index is 824. The highest BCUT2D eigenvalue weighted by Gasteiger charge is 2.20. The minimum atomic E-state index is 0.258. The Morgan fingerprint density at radius 2 is 1.71 bits per heavy atom. The Hall–Kier alpha value is -2.55. The normalized spacial score (nSPS) is 15.8. The lowest BCUT2D eigenvalue weighted by atomic mass is 9.90. The van der Waals surface area contributed by atoms with Gasteiger partial charge in [0.05, 0.1) is 0 Å². The molecule has 122 valence electrons. The van der Waals surface area contributed by atoms with E-state index < -0.39 is 0 Å². The van der Waals surface area contributed by atoms with E-state index in [1.165, 1.54) is 24.8 Å². The summed E-state index contributed by atoms with van der Waals surface area (Å²) in [6.45, 7) is 2.06. The minimum absolute atomic E-state index is 0.258. The lowest BCUT2D eigenvalue weighted by molar-refractivity contribution is 0.402. The number of fused-ring (bicyclic) bond motifs is 1. The Balaban J connectivity index is 1.45. The number of phenolic OH excluding ortho intramolecular Hbond substituents is 1. The molecule has 0 amide bonds. The summed E-state index contributed by atoms with van der Waals surface area (Å²) in [6.07, 6.45) is 3.55. The number of aromatic nitrogens is 1. The van der Waals surface area contributed by atoms with Gasteiger partial charge in [0, 0.05) is 18.5 Å². The van der Waals surface area contributed by atoms with E-state index in [1.807, 2.05) is 18.2 Å². The maximum Gasteiger partial charge on any atom is 0.141 e. The largest absolute Gasteiger partial charge is 0.506 e. The van der Waals surface area contributed by atoms with E-state index in [9.17, 15) is 5.11 Å². The van der Waals surface area contributed by atoms with Gasteiger partial charge in [0.2, 0.25) is 0 Å². The SMILES string of the molecule is Oc1cccc2ccc(N3CCC(Cc4ccccc4)CC3)nc12. The van der Waals surface area contributed by atoms with Gasteiger partial charge in [-0.3, -0.25) is 0 Å². The molecule has 4 rings (SSSR count). The summed E-state index contributed by atoms with van der Waals surface area (Å²) in [5, 5.41) is 11.0. The molecule has 1 saturated heterocycles. The monoisotopic (exact) mass is 318 g/mol. The highest BCUT2D eigenvalue weighted by Crippen LogP contribution is 2.28. The number of hydrogen-bond acceptors (Lipinski definition) is 3. The number of pyridine rings is 1. The molecule has 1 aromatic heterocycles. The molecule has 1 N–H and O–H groups in total. The number of para-hydroxylation sites is 1. The van der Waals surface area contributed by atoms with Gasteiger partial charge in [-0.25, -0.2) is 4.98 Å². The van der Waals surface area contributed by atoms with Crippen LogP contribution in [0.15, 0.2) is 60.7 Å². The van der Waals surface area contributed by atoms with Crippen molar-refractivity contribution in [3.05, 3.63) is 66.2 Å². The van der Waals surface area contributed by atoms with Gasteiger partial charge in [-0.05, 0) is 48.9 Å². The summed E-state index contributed by atoms with van der Waals surface area (Å²) in [5.41, 5.74) is 2.13. The van der Waals surface area contributed by atoms with Crippen LogP contribution < -0.4 is 4.90 Å². The average Bonchev–Trinajstić information content (AvgIpc) is 2.63. The van der Waals surface area contributed by atoms with Crippen LogP contribution in [0.25, 0.3) is 10.9 Å². The Morgan fingerprint density at radius 1 is 0.917 bits per heavy atom. The van der Waals surface area contributed by atoms with Gasteiger partial charge in [-0.2, -0.15) is 0 Å². The van der Waals surface area contributed by atoms with Crippen molar-refractivity contribution >= 4 is 16.7 Å². The first-order valence-electron chi connectivity index (χ1n) is 8.67. The van der Waals surface area contributed by atoms with Crippen LogP contribution in [-0.2, 0) is 6.42 Å². The molecular weight excluding hydrogens is 296 g/mol. The second kappa shape index (κ2) is 6.52. The predicted octanol–water partition coefficient (Wildman–Crippen LogP) is 4.40. The molecule has 0 atom stereocenters. The Morgan fingerprint density at radius 3 is 2.50 bits per heavy atom. The zero-order chi connectivity index (χ0) is 16.4. The van der Waals surface area contributed by atoms with E-state index in [4.69, 9.17) is 0 Å². The smallest absolute Gasteiger partial charge is 0.141 e. The number of rotatable bonds is 3.